The Morgan fingerprint density at radius 2 is 1.74 bits per heavy atom. The second-order valence-corrected chi connectivity index (χ2v) is 13.5. The third kappa shape index (κ3) is 5.66. The summed E-state index contributed by atoms with van der Waals surface area (Å²) in [5.74, 6) is 6.63. The van der Waals surface area contributed by atoms with Crippen molar-refractivity contribution in [3.05, 3.63) is 112 Å². The van der Waals surface area contributed by atoms with E-state index in [0.29, 0.717) is 0 Å². The van der Waals surface area contributed by atoms with E-state index in [1.54, 1.807) is 0 Å². The molecule has 1 aromatic rings. The largest absolute Gasteiger partial charge is 0.403 e. The molecule has 4 aliphatic rings. The van der Waals surface area contributed by atoms with Gasteiger partial charge in [-0.3, -0.25) is 5.01 Å². The van der Waals surface area contributed by atoms with Crippen molar-refractivity contribution in [3.8, 4) is 0 Å². The van der Waals surface area contributed by atoms with E-state index in [9.17, 15) is 0 Å². The van der Waals surface area contributed by atoms with Gasteiger partial charge in [-0.2, -0.15) is 4.58 Å². The van der Waals surface area contributed by atoms with Crippen LogP contribution in [-0.2, 0) is 5.41 Å². The van der Waals surface area contributed by atoms with Gasteiger partial charge < -0.3 is 5.73 Å². The molecule has 0 amide bonds. The van der Waals surface area contributed by atoms with E-state index in [-0.39, 0.29) is 10.8 Å². The second kappa shape index (κ2) is 12.1. The zero-order valence-corrected chi connectivity index (χ0v) is 26.6. The molecule has 1 fully saturated rings. The lowest BCUT2D eigenvalue weighted by atomic mass is 9.80. The molecule has 2 heterocycles. The molecule has 0 spiro atoms. The molecule has 4 heteroatoms. The molecule has 0 aromatic heterocycles. The Morgan fingerprint density at radius 1 is 0.976 bits per heavy atom. The van der Waals surface area contributed by atoms with Crippen molar-refractivity contribution in [2.24, 2.45) is 17.0 Å². The molecule has 42 heavy (non-hydrogen) atoms. The summed E-state index contributed by atoms with van der Waals surface area (Å²) in [6.07, 6.45) is 24.0. The Balaban J connectivity index is 1.42. The Bertz CT molecular complexity index is 1470. The summed E-state index contributed by atoms with van der Waals surface area (Å²) >= 11 is 0. The van der Waals surface area contributed by atoms with Gasteiger partial charge in [0.2, 0.25) is 5.69 Å². The number of hydrogen-bond donors (Lipinski definition) is 2. The summed E-state index contributed by atoms with van der Waals surface area (Å²) in [6, 6.07) is 8.93. The van der Waals surface area contributed by atoms with Crippen LogP contribution in [0.15, 0.2) is 107 Å². The second-order valence-electron chi connectivity index (χ2n) is 13.5. The van der Waals surface area contributed by atoms with Crippen LogP contribution in [0.4, 0.5) is 5.69 Å². The zero-order valence-electron chi connectivity index (χ0n) is 26.6. The Kier molecular flexibility index (Phi) is 8.66. The maximum Gasteiger partial charge on any atom is 0.209 e. The normalized spacial score (nSPS) is 23.1. The van der Waals surface area contributed by atoms with Gasteiger partial charge in [-0.1, -0.05) is 62.9 Å². The highest BCUT2D eigenvalue weighted by atomic mass is 15.4. The van der Waals surface area contributed by atoms with Crippen LogP contribution < -0.4 is 11.6 Å². The van der Waals surface area contributed by atoms with E-state index in [2.05, 4.69) is 106 Å². The predicted molar refractivity (Wildman–Crippen MR) is 178 cm³/mol. The highest BCUT2D eigenvalue weighted by Crippen LogP contribution is 2.50. The van der Waals surface area contributed by atoms with E-state index in [4.69, 9.17) is 11.6 Å². The fraction of sp³-hybridized carbons (Fsp3) is 0.447. The Labute approximate surface area is 254 Å². The van der Waals surface area contributed by atoms with Crippen molar-refractivity contribution in [2.45, 2.75) is 97.8 Å². The number of hydrogen-bond acceptors (Lipinski definition) is 3. The minimum atomic E-state index is -0.0749. The maximum absolute atomic E-state index is 6.63. The lowest BCUT2D eigenvalue weighted by molar-refractivity contribution is -0.438. The third-order valence-electron chi connectivity index (χ3n) is 9.88. The zero-order chi connectivity index (χ0) is 30.1. The standard InChI is InChI=1S/C38H51N4/c1-27(39)15-8-7-13-26-41-33-20-11-9-18-31(33)37(3,4)35(41)24-22-29-16-14-17-30(28(29)2)23-25-36-38(5,6)32-19-10-12-21-34(32)42(36)40/h9,11,18-25H,1,7-8,10,12-17,26,39-40H2,2-6H3/q+1. The van der Waals surface area contributed by atoms with Gasteiger partial charge in [0, 0.05) is 40.9 Å². The first-order valence-corrected chi connectivity index (χ1v) is 16.0. The topological polar surface area (TPSA) is 58.3 Å². The van der Waals surface area contributed by atoms with Crippen LogP contribution in [0.5, 0.6) is 0 Å². The van der Waals surface area contributed by atoms with Crippen molar-refractivity contribution < 1.29 is 4.58 Å². The fourth-order valence-electron chi connectivity index (χ4n) is 7.33. The molecule has 2 aliphatic heterocycles. The number of nitrogens with zero attached hydrogens (tertiary/aromatic N) is 2. The molecule has 0 bridgehead atoms. The molecule has 0 atom stereocenters. The van der Waals surface area contributed by atoms with E-state index < -0.39 is 0 Å². The summed E-state index contributed by atoms with van der Waals surface area (Å²) in [4.78, 5) is 0. The van der Waals surface area contributed by atoms with Gasteiger partial charge in [0.25, 0.3) is 0 Å². The summed E-state index contributed by atoms with van der Waals surface area (Å²) in [5.41, 5.74) is 18.6. The molecule has 4 N–H and O–H groups in total. The molecular weight excluding hydrogens is 512 g/mol. The molecule has 222 valence electrons. The molecule has 0 unspecified atom stereocenters. The number of nitrogens with two attached hydrogens (primary N) is 2. The average molecular weight is 564 g/mol. The Morgan fingerprint density at radius 3 is 2.50 bits per heavy atom. The van der Waals surface area contributed by atoms with Crippen LogP contribution in [0, 0.1) is 5.41 Å². The van der Waals surface area contributed by atoms with Crippen LogP contribution in [0.3, 0.4) is 0 Å². The molecule has 5 rings (SSSR count). The number of allylic oxidation sites excluding steroid dienone is 12. The monoisotopic (exact) mass is 563 g/mol. The fourth-order valence-corrected chi connectivity index (χ4v) is 7.33. The van der Waals surface area contributed by atoms with Gasteiger partial charge in [0.05, 0.1) is 11.1 Å². The van der Waals surface area contributed by atoms with Crippen molar-refractivity contribution >= 4 is 11.4 Å². The Hall–Kier alpha value is -3.37. The molecule has 0 radical (unpaired) electrons. The number of rotatable bonds is 9. The molecule has 0 saturated carbocycles. The summed E-state index contributed by atoms with van der Waals surface area (Å²) in [6.45, 7) is 16.5. The van der Waals surface area contributed by atoms with E-state index >= 15 is 0 Å². The highest BCUT2D eigenvalue weighted by molar-refractivity contribution is 6.03. The first-order chi connectivity index (χ1) is 20.0. The summed E-state index contributed by atoms with van der Waals surface area (Å²) in [7, 11) is 0. The van der Waals surface area contributed by atoms with Crippen LogP contribution in [0.1, 0.15) is 98.0 Å². The van der Waals surface area contributed by atoms with Gasteiger partial charge >= 0.3 is 0 Å². The van der Waals surface area contributed by atoms with Crippen LogP contribution in [0.25, 0.3) is 0 Å². The van der Waals surface area contributed by atoms with Gasteiger partial charge in [0.15, 0.2) is 5.71 Å². The number of hydrazine groups is 1. The summed E-state index contributed by atoms with van der Waals surface area (Å²) < 4.78 is 2.56. The molecule has 2 aliphatic carbocycles. The lowest BCUT2D eigenvalue weighted by Gasteiger charge is -2.23. The van der Waals surface area contributed by atoms with Crippen molar-refractivity contribution in [1.29, 1.82) is 0 Å². The summed E-state index contributed by atoms with van der Waals surface area (Å²) in [5, 5.41) is 1.92. The minimum Gasteiger partial charge on any atom is -0.403 e. The van der Waals surface area contributed by atoms with E-state index in [1.165, 1.54) is 57.1 Å². The van der Waals surface area contributed by atoms with E-state index in [0.717, 1.165) is 63.6 Å². The van der Waals surface area contributed by atoms with Gasteiger partial charge in [-0.15, -0.1) is 0 Å². The maximum atomic E-state index is 6.63. The van der Waals surface area contributed by atoms with Crippen LogP contribution >= 0.6 is 0 Å². The van der Waals surface area contributed by atoms with Crippen molar-refractivity contribution in [1.82, 2.24) is 5.01 Å². The molecular formula is C38H51N4+. The van der Waals surface area contributed by atoms with Crippen molar-refractivity contribution in [2.75, 3.05) is 6.54 Å². The quantitative estimate of drug-likeness (QED) is 0.179. The van der Waals surface area contributed by atoms with Gasteiger partial charge in [-0.05, 0) is 101 Å². The number of para-hydroxylation sites is 1. The van der Waals surface area contributed by atoms with Gasteiger partial charge in [-0.25, -0.2) is 5.84 Å². The van der Waals surface area contributed by atoms with Crippen molar-refractivity contribution in [3.63, 3.8) is 0 Å². The van der Waals surface area contributed by atoms with E-state index in [1.807, 2.05) is 5.01 Å². The number of fused-ring (bicyclic) bond motifs is 2. The lowest BCUT2D eigenvalue weighted by Crippen LogP contribution is -2.28. The SMILES string of the molecule is C=C(N)CCCCC[N+]1=C(/C=C/C2=C(C)C(=C/C=C3/N(N)C4=CCCC=C4C3(C)C)/CCC2)C(C)(C)c2ccccc21. The smallest absolute Gasteiger partial charge is 0.209 e. The van der Waals surface area contributed by atoms with Crippen LogP contribution in [-0.4, -0.2) is 21.8 Å². The first kappa shape index (κ1) is 30.1. The van der Waals surface area contributed by atoms with Crippen LogP contribution in [0.2, 0.25) is 0 Å². The predicted octanol–water partition coefficient (Wildman–Crippen LogP) is 8.78. The minimum absolute atomic E-state index is 0.0381. The number of unbranched alkanes of at least 4 members (excludes halogenated alkanes) is 2. The molecule has 1 aromatic carbocycles. The molecule has 4 nitrogen and oxygen atoms in total. The molecule has 1 saturated heterocycles. The van der Waals surface area contributed by atoms with Gasteiger partial charge in [0.1, 0.15) is 6.54 Å². The number of benzene rings is 1. The third-order valence-corrected chi connectivity index (χ3v) is 9.88. The first-order valence-electron chi connectivity index (χ1n) is 16.0. The average Bonchev–Trinajstić information content (AvgIpc) is 3.29. The highest BCUT2D eigenvalue weighted by Gasteiger charge is 2.44.